The summed E-state index contributed by atoms with van der Waals surface area (Å²) in [6.07, 6.45) is 4.12. The highest BCUT2D eigenvalue weighted by Gasteiger charge is 2.28. The van der Waals surface area contributed by atoms with Crippen molar-refractivity contribution in [1.29, 1.82) is 0 Å². The molecule has 0 spiro atoms. The number of aromatic hydroxyl groups is 2. The van der Waals surface area contributed by atoms with Crippen LogP contribution in [0, 0.1) is 5.92 Å². The molecule has 2 aliphatic rings. The Morgan fingerprint density at radius 2 is 1.55 bits per heavy atom. The third-order valence-corrected chi connectivity index (χ3v) is 9.01. The van der Waals surface area contributed by atoms with E-state index in [1.54, 1.807) is 10.6 Å². The normalized spacial score (nSPS) is 15.8. The van der Waals surface area contributed by atoms with Crippen molar-refractivity contribution in [2.24, 2.45) is 5.92 Å². The number of aliphatic carboxylic acids is 1. The molecule has 258 valence electrons. The first kappa shape index (κ1) is 33.4. The van der Waals surface area contributed by atoms with E-state index in [4.69, 9.17) is 4.74 Å². The fraction of sp³-hybridized carbons (Fsp3) is 0.441. The average molecular weight is 672 g/mol. The Balaban J connectivity index is 1.14. The molecule has 0 unspecified atom stereocenters. The molecule has 0 bridgehead atoms. The van der Waals surface area contributed by atoms with Gasteiger partial charge in [-0.1, -0.05) is 13.8 Å². The molecule has 2 fully saturated rings. The van der Waals surface area contributed by atoms with Gasteiger partial charge in [-0.2, -0.15) is 4.98 Å². The number of aromatic nitrogens is 6. The minimum Gasteiger partial charge on any atom is -0.508 e. The summed E-state index contributed by atoms with van der Waals surface area (Å²) in [5.41, 5.74) is 1.56. The molecule has 15 heteroatoms. The second kappa shape index (κ2) is 14.3. The fourth-order valence-corrected chi connectivity index (χ4v) is 6.28. The van der Waals surface area contributed by atoms with E-state index >= 15 is 0 Å². The predicted octanol–water partition coefficient (Wildman–Crippen LogP) is 3.75. The number of phenols is 2. The Morgan fingerprint density at radius 3 is 2.14 bits per heavy atom. The van der Waals surface area contributed by atoms with Gasteiger partial charge in [0.2, 0.25) is 17.7 Å². The van der Waals surface area contributed by atoms with E-state index in [0.29, 0.717) is 80.0 Å². The molecule has 2 aromatic carbocycles. The van der Waals surface area contributed by atoms with Gasteiger partial charge in [0.25, 0.3) is 5.91 Å². The average Bonchev–Trinajstić information content (AvgIpc) is 3.54. The van der Waals surface area contributed by atoms with Crippen molar-refractivity contribution in [2.45, 2.75) is 58.5 Å². The molecule has 49 heavy (non-hydrogen) atoms. The first-order chi connectivity index (χ1) is 23.6. The molecule has 6 rings (SSSR count). The summed E-state index contributed by atoms with van der Waals surface area (Å²) in [6, 6.07) is 10.2. The summed E-state index contributed by atoms with van der Waals surface area (Å²) in [5, 5.41) is 41.7. The lowest BCUT2D eigenvalue weighted by molar-refractivity contribution is -0.142. The number of carbonyl (C=O) groups excluding carboxylic acids is 1. The molecular weight excluding hydrogens is 630 g/mol. The molecule has 2 aromatic heterocycles. The van der Waals surface area contributed by atoms with Gasteiger partial charge in [0.15, 0.2) is 5.82 Å². The lowest BCUT2D eigenvalue weighted by atomic mass is 9.97. The zero-order chi connectivity index (χ0) is 34.7. The van der Waals surface area contributed by atoms with Crippen LogP contribution >= 0.6 is 0 Å². The quantitative estimate of drug-likeness (QED) is 0.191. The number of benzene rings is 2. The first-order valence-corrected chi connectivity index (χ1v) is 16.6. The van der Waals surface area contributed by atoms with Crippen LogP contribution in [0.4, 0.5) is 11.9 Å². The van der Waals surface area contributed by atoms with Gasteiger partial charge in [-0.05, 0) is 61.6 Å². The summed E-state index contributed by atoms with van der Waals surface area (Å²) in [5.74, 6) is 0.435. The van der Waals surface area contributed by atoms with Crippen LogP contribution < -0.4 is 19.9 Å². The lowest BCUT2D eigenvalue weighted by Gasteiger charge is -2.33. The molecule has 0 radical (unpaired) electrons. The molecular formula is C34H41N9O6. The minimum absolute atomic E-state index is 0.0218. The van der Waals surface area contributed by atoms with Crippen LogP contribution in [-0.4, -0.2) is 95.7 Å². The van der Waals surface area contributed by atoms with Crippen LogP contribution in [0.25, 0.3) is 17.1 Å². The summed E-state index contributed by atoms with van der Waals surface area (Å²) in [7, 11) is 0. The number of ether oxygens (including phenoxy) is 1. The number of phenolic OH excluding ortho intramolecular Hbond substituents is 2. The summed E-state index contributed by atoms with van der Waals surface area (Å²) < 4.78 is 7.93. The molecule has 2 saturated heterocycles. The molecule has 0 atom stereocenters. The number of carbonyl (C=O) groups is 2. The Kier molecular flexibility index (Phi) is 9.78. The van der Waals surface area contributed by atoms with Crippen LogP contribution in [0.15, 0.2) is 42.7 Å². The Morgan fingerprint density at radius 1 is 0.918 bits per heavy atom. The molecule has 1 amide bonds. The maximum absolute atomic E-state index is 13.0. The number of hydrogen-bond acceptors (Lipinski definition) is 12. The summed E-state index contributed by atoms with van der Waals surface area (Å²) in [6.45, 7) is 8.66. The predicted molar refractivity (Wildman–Crippen MR) is 180 cm³/mol. The van der Waals surface area contributed by atoms with Gasteiger partial charge in [0.1, 0.15) is 29.7 Å². The van der Waals surface area contributed by atoms with Crippen LogP contribution in [0.3, 0.4) is 0 Å². The van der Waals surface area contributed by atoms with Gasteiger partial charge in [-0.3, -0.25) is 14.2 Å². The molecule has 0 aliphatic carbocycles. The minimum atomic E-state index is -0.751. The zero-order valence-electron chi connectivity index (χ0n) is 27.8. The summed E-state index contributed by atoms with van der Waals surface area (Å²) in [4.78, 5) is 41.9. The number of anilines is 2. The van der Waals surface area contributed by atoms with Crippen molar-refractivity contribution in [3.8, 4) is 34.3 Å². The van der Waals surface area contributed by atoms with Crippen LogP contribution in [0.1, 0.15) is 68.6 Å². The lowest BCUT2D eigenvalue weighted by Crippen LogP contribution is -2.40. The van der Waals surface area contributed by atoms with Gasteiger partial charge in [0, 0.05) is 57.3 Å². The van der Waals surface area contributed by atoms with Gasteiger partial charge < -0.3 is 35.2 Å². The van der Waals surface area contributed by atoms with E-state index in [-0.39, 0.29) is 41.1 Å². The van der Waals surface area contributed by atoms with E-state index < -0.39 is 11.9 Å². The Hall–Kier alpha value is -5.47. The third-order valence-electron chi connectivity index (χ3n) is 9.01. The molecule has 15 nitrogen and oxygen atoms in total. The largest absolute Gasteiger partial charge is 0.508 e. The number of nitrogens with zero attached hydrogens (tertiary/aromatic N) is 8. The second-order valence-corrected chi connectivity index (χ2v) is 12.6. The summed E-state index contributed by atoms with van der Waals surface area (Å²) >= 11 is 0. The van der Waals surface area contributed by atoms with Crippen LogP contribution in [0.5, 0.6) is 17.2 Å². The van der Waals surface area contributed by atoms with Crippen molar-refractivity contribution in [3.63, 3.8) is 0 Å². The fourth-order valence-electron chi connectivity index (χ4n) is 6.28. The SMILES string of the molecule is CCNC(=O)c1nnc(-c2cc(C(C)C)c(O)cc2O)n1-c1ccc(OC2CCN(c3ncnc(N4CCC(C(=O)O)CC4)n3)CC2)cc1. The van der Waals surface area contributed by atoms with Crippen molar-refractivity contribution in [1.82, 2.24) is 35.0 Å². The van der Waals surface area contributed by atoms with E-state index in [1.807, 2.05) is 49.9 Å². The Bertz CT molecular complexity index is 1800. The number of rotatable bonds is 10. The van der Waals surface area contributed by atoms with Crippen LogP contribution in [-0.2, 0) is 4.79 Å². The van der Waals surface area contributed by atoms with Crippen molar-refractivity contribution >= 4 is 23.8 Å². The highest BCUT2D eigenvalue weighted by molar-refractivity contribution is 5.92. The third kappa shape index (κ3) is 7.20. The molecule has 4 heterocycles. The topological polar surface area (TPSA) is 192 Å². The number of carboxylic acid groups (broad SMARTS) is 1. The zero-order valence-corrected chi connectivity index (χ0v) is 27.8. The second-order valence-electron chi connectivity index (χ2n) is 12.6. The number of nitrogens with one attached hydrogen (secondary N) is 1. The van der Waals surface area contributed by atoms with Crippen molar-refractivity contribution in [2.75, 3.05) is 42.5 Å². The van der Waals surface area contributed by atoms with E-state index in [0.717, 1.165) is 12.8 Å². The maximum Gasteiger partial charge on any atom is 0.306 e. The highest BCUT2D eigenvalue weighted by Crippen LogP contribution is 2.38. The number of amides is 1. The van der Waals surface area contributed by atoms with Crippen LogP contribution in [0.2, 0.25) is 0 Å². The highest BCUT2D eigenvalue weighted by atomic mass is 16.5. The number of carboxylic acids is 1. The maximum atomic E-state index is 13.0. The van der Waals surface area contributed by atoms with E-state index in [1.165, 1.54) is 12.4 Å². The smallest absolute Gasteiger partial charge is 0.306 e. The van der Waals surface area contributed by atoms with Crippen molar-refractivity contribution < 1.29 is 29.6 Å². The standard InChI is InChI=1S/C34H41N9O6/c1-4-35-31(46)30-40-39-29(26-17-25(20(2)3)27(44)18-28(26)45)43(30)22-5-7-23(8-6-22)49-24-11-15-42(16-12-24)34-37-19-36-33(38-34)41-13-9-21(10-14-41)32(47)48/h5-8,17-21,24,44-45H,4,9-16H2,1-3H3,(H,35,46)(H,47,48). The van der Waals surface area contributed by atoms with Gasteiger partial charge >= 0.3 is 5.97 Å². The van der Waals surface area contributed by atoms with E-state index in [2.05, 4.69) is 35.4 Å². The number of piperidine rings is 2. The van der Waals surface area contributed by atoms with Crippen molar-refractivity contribution in [3.05, 3.63) is 54.1 Å². The van der Waals surface area contributed by atoms with Gasteiger partial charge in [-0.25, -0.2) is 9.97 Å². The molecule has 2 aliphatic heterocycles. The van der Waals surface area contributed by atoms with Gasteiger partial charge in [0.05, 0.1) is 11.5 Å². The molecule has 0 saturated carbocycles. The first-order valence-electron chi connectivity index (χ1n) is 16.6. The molecule has 4 N–H and O–H groups in total. The van der Waals surface area contributed by atoms with Gasteiger partial charge in [-0.15, -0.1) is 10.2 Å². The monoisotopic (exact) mass is 671 g/mol. The Labute approximate surface area is 283 Å². The number of hydrogen-bond donors (Lipinski definition) is 4. The van der Waals surface area contributed by atoms with E-state index in [9.17, 15) is 24.9 Å². The molecule has 4 aromatic rings.